The smallest absolute Gasteiger partial charge is 0.196 e. The molecule has 15 heavy (non-hydrogen) atoms. The van der Waals surface area contributed by atoms with Crippen LogP contribution in [0.5, 0.6) is 0 Å². The van der Waals surface area contributed by atoms with Crippen molar-refractivity contribution in [1.29, 1.82) is 0 Å². The lowest BCUT2D eigenvalue weighted by molar-refractivity contribution is -0.171. The highest BCUT2D eigenvalue weighted by Gasteiger charge is 2.37. The molecular weight excluding hydrogens is 214 g/mol. The van der Waals surface area contributed by atoms with E-state index >= 15 is 0 Å². The van der Waals surface area contributed by atoms with Crippen LogP contribution in [0.25, 0.3) is 0 Å². The van der Waals surface area contributed by atoms with Crippen LogP contribution in [0.2, 0.25) is 0 Å². The van der Waals surface area contributed by atoms with Gasteiger partial charge >= 0.3 is 0 Å². The predicted octanol–water partition coefficient (Wildman–Crippen LogP) is 2.30. The minimum Gasteiger partial charge on any atom is -0.343 e. The molecule has 1 aromatic rings. The Morgan fingerprint density at radius 1 is 1.40 bits per heavy atom. The average molecular weight is 228 g/mol. The summed E-state index contributed by atoms with van der Waals surface area (Å²) < 4.78 is 11.4. The third-order valence-electron chi connectivity index (χ3n) is 2.49. The van der Waals surface area contributed by atoms with E-state index in [2.05, 4.69) is 4.98 Å². The molecule has 82 valence electrons. The summed E-state index contributed by atoms with van der Waals surface area (Å²) in [5.41, 5.74) is 0.979. The summed E-state index contributed by atoms with van der Waals surface area (Å²) in [4.78, 5) is 4.09. The van der Waals surface area contributed by atoms with Crippen LogP contribution < -0.4 is 0 Å². The van der Waals surface area contributed by atoms with E-state index in [1.165, 1.54) is 0 Å². The van der Waals surface area contributed by atoms with Gasteiger partial charge in [0.2, 0.25) is 0 Å². The molecule has 0 bridgehead atoms. The van der Waals surface area contributed by atoms with E-state index in [-0.39, 0.29) is 0 Å². The fraction of sp³-hybridized carbons (Fsp3) is 0.545. The van der Waals surface area contributed by atoms with Gasteiger partial charge in [0.05, 0.1) is 13.2 Å². The number of ether oxygens (including phenoxy) is 2. The summed E-state index contributed by atoms with van der Waals surface area (Å²) in [7, 11) is 0. The van der Waals surface area contributed by atoms with Gasteiger partial charge in [-0.05, 0) is 12.5 Å². The topological polar surface area (TPSA) is 31.4 Å². The van der Waals surface area contributed by atoms with E-state index in [0.29, 0.717) is 19.1 Å². The van der Waals surface area contributed by atoms with Gasteiger partial charge in [0, 0.05) is 30.3 Å². The largest absolute Gasteiger partial charge is 0.343 e. The van der Waals surface area contributed by atoms with E-state index < -0.39 is 5.79 Å². The predicted molar refractivity (Wildman–Crippen MR) is 57.8 cm³/mol. The molecule has 0 radical (unpaired) electrons. The molecule has 0 atom stereocenters. The van der Waals surface area contributed by atoms with Crippen LogP contribution in [0, 0.1) is 0 Å². The molecule has 0 aliphatic carbocycles. The molecule has 4 heteroatoms. The van der Waals surface area contributed by atoms with Crippen molar-refractivity contribution in [1.82, 2.24) is 4.98 Å². The van der Waals surface area contributed by atoms with Gasteiger partial charge in [-0.2, -0.15) is 0 Å². The molecule has 1 aromatic heterocycles. The summed E-state index contributed by atoms with van der Waals surface area (Å²) in [5, 5.41) is 0. The van der Waals surface area contributed by atoms with Crippen LogP contribution in [0.3, 0.4) is 0 Å². The lowest BCUT2D eigenvalue weighted by Gasteiger charge is -2.27. The van der Waals surface area contributed by atoms with Gasteiger partial charge in [-0.3, -0.25) is 4.98 Å². The van der Waals surface area contributed by atoms with E-state index in [1.807, 2.05) is 12.1 Å². The van der Waals surface area contributed by atoms with E-state index in [9.17, 15) is 0 Å². The number of rotatable bonds is 4. The molecule has 1 aliphatic rings. The van der Waals surface area contributed by atoms with Crippen molar-refractivity contribution in [2.75, 3.05) is 19.1 Å². The van der Waals surface area contributed by atoms with Crippen LogP contribution >= 0.6 is 11.6 Å². The van der Waals surface area contributed by atoms with Crippen LogP contribution in [-0.2, 0) is 15.3 Å². The Balaban J connectivity index is 2.19. The molecular formula is C11H14ClNO2. The highest BCUT2D eigenvalue weighted by atomic mass is 35.5. The van der Waals surface area contributed by atoms with Crippen molar-refractivity contribution in [2.24, 2.45) is 0 Å². The number of alkyl halides is 1. The van der Waals surface area contributed by atoms with E-state index in [0.717, 1.165) is 18.4 Å². The summed E-state index contributed by atoms with van der Waals surface area (Å²) in [6.45, 7) is 1.27. The molecule has 0 N–H and O–H groups in total. The Kier molecular flexibility index (Phi) is 3.57. The molecule has 0 spiro atoms. The Hall–Kier alpha value is -0.640. The maximum Gasteiger partial charge on any atom is 0.196 e. The first-order chi connectivity index (χ1) is 7.37. The average Bonchev–Trinajstić information content (AvgIpc) is 2.78. The quantitative estimate of drug-likeness (QED) is 0.740. The van der Waals surface area contributed by atoms with Crippen molar-refractivity contribution in [3.05, 3.63) is 30.1 Å². The van der Waals surface area contributed by atoms with Crippen LogP contribution in [0.1, 0.15) is 18.4 Å². The number of nitrogens with zero attached hydrogens (tertiary/aromatic N) is 1. The van der Waals surface area contributed by atoms with Gasteiger partial charge in [-0.15, -0.1) is 11.6 Å². The monoisotopic (exact) mass is 227 g/mol. The summed E-state index contributed by atoms with van der Waals surface area (Å²) >= 11 is 5.70. The zero-order valence-electron chi connectivity index (χ0n) is 8.49. The van der Waals surface area contributed by atoms with Crippen molar-refractivity contribution in [3.63, 3.8) is 0 Å². The lowest BCUT2D eigenvalue weighted by Crippen LogP contribution is -2.27. The third kappa shape index (κ3) is 2.30. The number of aromatic nitrogens is 1. The normalized spacial score (nSPS) is 19.3. The first kappa shape index (κ1) is 10.9. The standard InChI is InChI=1S/C11H14ClNO2/c12-5-2-4-11(14-7-8-15-11)10-3-1-6-13-9-10/h1,3,6,9H,2,4-5,7-8H2. The second-order valence-corrected chi connectivity index (χ2v) is 3.86. The summed E-state index contributed by atoms with van der Waals surface area (Å²) in [5.74, 6) is 0.0118. The van der Waals surface area contributed by atoms with Crippen molar-refractivity contribution < 1.29 is 9.47 Å². The van der Waals surface area contributed by atoms with Crippen LogP contribution in [0.4, 0.5) is 0 Å². The molecule has 1 aliphatic heterocycles. The van der Waals surface area contributed by atoms with Gasteiger partial charge in [-0.1, -0.05) is 6.07 Å². The maximum atomic E-state index is 5.71. The number of halogens is 1. The minimum absolute atomic E-state index is 0.608. The maximum absolute atomic E-state index is 5.71. The molecule has 0 saturated carbocycles. The SMILES string of the molecule is ClCCCC1(c2cccnc2)OCCO1. The lowest BCUT2D eigenvalue weighted by atomic mass is 10.0. The zero-order chi connectivity index (χ0) is 10.6. The highest BCUT2D eigenvalue weighted by molar-refractivity contribution is 6.17. The second kappa shape index (κ2) is 4.92. The molecule has 1 fully saturated rings. The molecule has 2 rings (SSSR count). The minimum atomic E-state index is -0.608. The van der Waals surface area contributed by atoms with Gasteiger partial charge in [0.1, 0.15) is 0 Å². The van der Waals surface area contributed by atoms with Gasteiger partial charge in [0.15, 0.2) is 5.79 Å². The van der Waals surface area contributed by atoms with Gasteiger partial charge in [0.25, 0.3) is 0 Å². The van der Waals surface area contributed by atoms with Crippen molar-refractivity contribution in [2.45, 2.75) is 18.6 Å². The Morgan fingerprint density at radius 2 is 2.20 bits per heavy atom. The van der Waals surface area contributed by atoms with Crippen LogP contribution in [0.15, 0.2) is 24.5 Å². The Labute approximate surface area is 94.4 Å². The van der Waals surface area contributed by atoms with Gasteiger partial charge in [-0.25, -0.2) is 0 Å². The fourth-order valence-electron chi connectivity index (χ4n) is 1.80. The summed E-state index contributed by atoms with van der Waals surface area (Å²) in [6, 6.07) is 3.87. The number of hydrogen-bond donors (Lipinski definition) is 0. The molecule has 3 nitrogen and oxygen atoms in total. The Bertz CT molecular complexity index is 299. The highest BCUT2D eigenvalue weighted by Crippen LogP contribution is 2.35. The molecule has 0 amide bonds. The molecule has 0 unspecified atom stereocenters. The molecule has 0 aromatic carbocycles. The van der Waals surface area contributed by atoms with Crippen LogP contribution in [-0.4, -0.2) is 24.1 Å². The third-order valence-corrected chi connectivity index (χ3v) is 2.76. The van der Waals surface area contributed by atoms with Crippen molar-refractivity contribution >= 4 is 11.6 Å². The first-order valence-corrected chi connectivity index (χ1v) is 5.65. The zero-order valence-corrected chi connectivity index (χ0v) is 9.24. The first-order valence-electron chi connectivity index (χ1n) is 5.12. The second-order valence-electron chi connectivity index (χ2n) is 3.48. The van der Waals surface area contributed by atoms with Gasteiger partial charge < -0.3 is 9.47 Å². The van der Waals surface area contributed by atoms with Crippen molar-refractivity contribution in [3.8, 4) is 0 Å². The van der Waals surface area contributed by atoms with E-state index in [4.69, 9.17) is 21.1 Å². The number of hydrogen-bond acceptors (Lipinski definition) is 3. The molecule has 1 saturated heterocycles. The fourth-order valence-corrected chi connectivity index (χ4v) is 1.93. The molecule has 2 heterocycles. The van der Waals surface area contributed by atoms with E-state index in [1.54, 1.807) is 12.4 Å². The number of pyridine rings is 1. The summed E-state index contributed by atoms with van der Waals surface area (Å²) in [6.07, 6.45) is 5.19. The Morgan fingerprint density at radius 3 is 2.80 bits per heavy atom.